The van der Waals surface area contributed by atoms with Crippen molar-refractivity contribution in [1.82, 2.24) is 15.1 Å². The Morgan fingerprint density at radius 2 is 1.79 bits per heavy atom. The van der Waals surface area contributed by atoms with Crippen LogP contribution in [0.5, 0.6) is 0 Å². The highest BCUT2D eigenvalue weighted by Gasteiger charge is 2.30. The van der Waals surface area contributed by atoms with E-state index in [4.69, 9.17) is 4.74 Å². The first-order valence-electron chi connectivity index (χ1n) is 7.04. The Kier molecular flexibility index (Phi) is 5.15. The predicted octanol–water partition coefficient (Wildman–Crippen LogP) is -0.554. The minimum Gasteiger partial charge on any atom is -0.380 e. The van der Waals surface area contributed by atoms with E-state index in [1.165, 1.54) is 0 Å². The van der Waals surface area contributed by atoms with Gasteiger partial charge in [0.15, 0.2) is 0 Å². The zero-order chi connectivity index (χ0) is 13.7. The molecule has 0 bridgehead atoms. The number of nitrogens with one attached hydrogen (secondary N) is 1. The molecular formula is C13H23N3O3. The minimum atomic E-state index is -0.372. The fourth-order valence-corrected chi connectivity index (χ4v) is 2.63. The van der Waals surface area contributed by atoms with Crippen LogP contribution in [-0.4, -0.2) is 74.1 Å². The number of likely N-dealkylation sites (tertiary alicyclic amines) is 1. The summed E-state index contributed by atoms with van der Waals surface area (Å²) < 4.78 is 5.29. The molecule has 1 unspecified atom stereocenters. The van der Waals surface area contributed by atoms with Crippen molar-refractivity contribution in [3.8, 4) is 0 Å². The quantitative estimate of drug-likeness (QED) is 0.649. The highest BCUT2D eigenvalue weighted by Crippen LogP contribution is 2.13. The monoisotopic (exact) mass is 269 g/mol. The number of carbonyl (C=O) groups excluding carboxylic acids is 2. The molecule has 2 saturated heterocycles. The number of piperidine rings is 1. The SMILES string of the molecule is COC1CCCN(C(=O)C(=O)N2CCCNCC2)C1. The van der Waals surface area contributed by atoms with E-state index in [-0.39, 0.29) is 17.9 Å². The van der Waals surface area contributed by atoms with Crippen LogP contribution in [0.25, 0.3) is 0 Å². The van der Waals surface area contributed by atoms with Gasteiger partial charge in [-0.3, -0.25) is 9.59 Å². The van der Waals surface area contributed by atoms with Crippen LogP contribution in [-0.2, 0) is 14.3 Å². The second kappa shape index (κ2) is 6.86. The molecule has 108 valence electrons. The van der Waals surface area contributed by atoms with Crippen LogP contribution >= 0.6 is 0 Å². The van der Waals surface area contributed by atoms with Crippen molar-refractivity contribution in [3.63, 3.8) is 0 Å². The van der Waals surface area contributed by atoms with E-state index in [1.54, 1.807) is 16.9 Å². The van der Waals surface area contributed by atoms with Crippen molar-refractivity contribution in [2.24, 2.45) is 0 Å². The van der Waals surface area contributed by atoms with Crippen LogP contribution in [0.4, 0.5) is 0 Å². The second-order valence-electron chi connectivity index (χ2n) is 5.15. The Morgan fingerprint density at radius 1 is 1.05 bits per heavy atom. The number of carbonyl (C=O) groups is 2. The Hall–Kier alpha value is -1.14. The summed E-state index contributed by atoms with van der Waals surface area (Å²) in [6.07, 6.45) is 2.83. The van der Waals surface area contributed by atoms with E-state index in [0.29, 0.717) is 26.2 Å². The predicted molar refractivity (Wildman–Crippen MR) is 70.7 cm³/mol. The molecule has 2 amide bonds. The first-order valence-corrected chi connectivity index (χ1v) is 7.04. The van der Waals surface area contributed by atoms with Crippen molar-refractivity contribution in [2.75, 3.05) is 46.4 Å². The van der Waals surface area contributed by atoms with Gasteiger partial charge < -0.3 is 19.9 Å². The van der Waals surface area contributed by atoms with Crippen molar-refractivity contribution < 1.29 is 14.3 Å². The summed E-state index contributed by atoms with van der Waals surface area (Å²) in [5, 5.41) is 3.23. The number of nitrogens with zero attached hydrogens (tertiary/aromatic N) is 2. The highest BCUT2D eigenvalue weighted by molar-refractivity contribution is 6.34. The fourth-order valence-electron chi connectivity index (χ4n) is 2.63. The molecule has 0 aliphatic carbocycles. The molecule has 0 spiro atoms. The van der Waals surface area contributed by atoms with E-state index < -0.39 is 0 Å². The van der Waals surface area contributed by atoms with Crippen molar-refractivity contribution in [2.45, 2.75) is 25.4 Å². The Balaban J connectivity index is 1.92. The van der Waals surface area contributed by atoms with Crippen LogP contribution in [0, 0.1) is 0 Å². The summed E-state index contributed by atoms with van der Waals surface area (Å²) in [6, 6.07) is 0. The lowest BCUT2D eigenvalue weighted by molar-refractivity contribution is -0.153. The molecule has 2 aliphatic heterocycles. The molecule has 2 rings (SSSR count). The van der Waals surface area contributed by atoms with E-state index in [1.807, 2.05) is 0 Å². The molecule has 1 atom stereocenters. The molecule has 0 aromatic heterocycles. The van der Waals surface area contributed by atoms with Crippen molar-refractivity contribution >= 4 is 11.8 Å². The average molecular weight is 269 g/mol. The first-order chi connectivity index (χ1) is 9.22. The van der Waals surface area contributed by atoms with Gasteiger partial charge in [-0.15, -0.1) is 0 Å². The van der Waals surface area contributed by atoms with Crippen LogP contribution in [0.15, 0.2) is 0 Å². The zero-order valence-corrected chi connectivity index (χ0v) is 11.6. The van der Waals surface area contributed by atoms with E-state index in [2.05, 4.69) is 5.32 Å². The van der Waals surface area contributed by atoms with Gasteiger partial charge in [0.05, 0.1) is 6.10 Å². The fraction of sp³-hybridized carbons (Fsp3) is 0.846. The number of hydrogen-bond acceptors (Lipinski definition) is 4. The summed E-state index contributed by atoms with van der Waals surface area (Å²) in [6.45, 7) is 4.15. The molecule has 19 heavy (non-hydrogen) atoms. The normalized spacial score (nSPS) is 25.0. The van der Waals surface area contributed by atoms with Crippen LogP contribution in [0.2, 0.25) is 0 Å². The van der Waals surface area contributed by atoms with Crippen LogP contribution < -0.4 is 5.32 Å². The smallest absolute Gasteiger partial charge is 0.312 e. The summed E-state index contributed by atoms with van der Waals surface area (Å²) in [4.78, 5) is 27.7. The number of rotatable bonds is 1. The Labute approximate surface area is 114 Å². The third-order valence-electron chi connectivity index (χ3n) is 3.81. The van der Waals surface area contributed by atoms with Gasteiger partial charge in [-0.2, -0.15) is 0 Å². The topological polar surface area (TPSA) is 61.9 Å². The van der Waals surface area contributed by atoms with Gasteiger partial charge >= 0.3 is 11.8 Å². The maximum atomic E-state index is 12.2. The third kappa shape index (κ3) is 3.67. The van der Waals surface area contributed by atoms with Crippen LogP contribution in [0.3, 0.4) is 0 Å². The van der Waals surface area contributed by atoms with E-state index in [9.17, 15) is 9.59 Å². The second-order valence-corrected chi connectivity index (χ2v) is 5.15. The Morgan fingerprint density at radius 3 is 2.58 bits per heavy atom. The van der Waals surface area contributed by atoms with Crippen molar-refractivity contribution in [1.29, 1.82) is 0 Å². The summed E-state index contributed by atoms with van der Waals surface area (Å²) in [5.41, 5.74) is 0. The highest BCUT2D eigenvalue weighted by atomic mass is 16.5. The zero-order valence-electron chi connectivity index (χ0n) is 11.6. The van der Waals surface area contributed by atoms with Gasteiger partial charge in [0, 0.05) is 39.8 Å². The van der Waals surface area contributed by atoms with Gasteiger partial charge in [0.25, 0.3) is 0 Å². The average Bonchev–Trinajstić information content (AvgIpc) is 2.75. The Bertz CT molecular complexity index is 327. The largest absolute Gasteiger partial charge is 0.380 e. The van der Waals surface area contributed by atoms with E-state index in [0.717, 1.165) is 32.4 Å². The molecule has 0 aromatic rings. The molecule has 0 saturated carbocycles. The maximum Gasteiger partial charge on any atom is 0.312 e. The molecule has 0 aromatic carbocycles. The van der Waals surface area contributed by atoms with Gasteiger partial charge in [-0.25, -0.2) is 0 Å². The van der Waals surface area contributed by atoms with Crippen molar-refractivity contribution in [3.05, 3.63) is 0 Å². The molecule has 1 N–H and O–H groups in total. The summed E-state index contributed by atoms with van der Waals surface area (Å²) in [7, 11) is 1.65. The van der Waals surface area contributed by atoms with Crippen LogP contribution in [0.1, 0.15) is 19.3 Å². The third-order valence-corrected chi connectivity index (χ3v) is 3.81. The number of hydrogen-bond donors (Lipinski definition) is 1. The lowest BCUT2D eigenvalue weighted by atomic mass is 10.1. The lowest BCUT2D eigenvalue weighted by Gasteiger charge is -2.32. The van der Waals surface area contributed by atoms with Gasteiger partial charge in [-0.05, 0) is 25.8 Å². The molecule has 2 heterocycles. The molecular weight excluding hydrogens is 246 g/mol. The number of methoxy groups -OCH3 is 1. The summed E-state index contributed by atoms with van der Waals surface area (Å²) in [5.74, 6) is -0.732. The molecule has 2 fully saturated rings. The molecule has 2 aliphatic rings. The standard InChI is InChI=1S/C13H23N3O3/c1-19-11-4-2-7-16(10-11)13(18)12(17)15-8-3-5-14-6-9-15/h11,14H,2-10H2,1H3. The van der Waals surface area contributed by atoms with Gasteiger partial charge in [-0.1, -0.05) is 0 Å². The molecule has 6 nitrogen and oxygen atoms in total. The summed E-state index contributed by atoms with van der Waals surface area (Å²) >= 11 is 0. The van der Waals surface area contributed by atoms with Gasteiger partial charge in [0.2, 0.25) is 0 Å². The van der Waals surface area contributed by atoms with E-state index >= 15 is 0 Å². The number of ether oxygens (including phenoxy) is 1. The maximum absolute atomic E-state index is 12.2. The minimum absolute atomic E-state index is 0.0660. The molecule has 0 radical (unpaired) electrons. The number of amides is 2. The first kappa shape index (κ1) is 14.3. The lowest BCUT2D eigenvalue weighted by Crippen LogP contribution is -2.50. The molecule has 6 heteroatoms. The van der Waals surface area contributed by atoms with Gasteiger partial charge in [0.1, 0.15) is 0 Å².